The van der Waals surface area contributed by atoms with Gasteiger partial charge in [-0.25, -0.2) is 5.43 Å². The van der Waals surface area contributed by atoms with Crippen molar-refractivity contribution in [2.45, 2.75) is 33.2 Å². The summed E-state index contributed by atoms with van der Waals surface area (Å²) in [6.45, 7) is 6.47. The normalized spacial score (nSPS) is 12.3. The van der Waals surface area contributed by atoms with Gasteiger partial charge in [-0.05, 0) is 68.3 Å². The maximum absolute atomic E-state index is 12.8. The van der Waals surface area contributed by atoms with Gasteiger partial charge in [-0.2, -0.15) is 5.10 Å². The van der Waals surface area contributed by atoms with Crippen molar-refractivity contribution >= 4 is 23.0 Å². The molecule has 1 amide bonds. The quantitative estimate of drug-likeness (QED) is 0.198. The highest BCUT2D eigenvalue weighted by molar-refractivity contribution is 6.00. The number of nitrogens with one attached hydrogen (secondary N) is 1. The number of nitrogens with zero attached hydrogens (tertiary/aromatic N) is 3. The lowest BCUT2D eigenvalue weighted by Gasteiger charge is -2.12. The summed E-state index contributed by atoms with van der Waals surface area (Å²) < 4.78 is 4.46. The van der Waals surface area contributed by atoms with Crippen LogP contribution in [0.4, 0.5) is 0 Å². The van der Waals surface area contributed by atoms with E-state index >= 15 is 0 Å². The van der Waals surface area contributed by atoms with Crippen molar-refractivity contribution in [3.63, 3.8) is 0 Å². The van der Waals surface area contributed by atoms with E-state index in [0.29, 0.717) is 11.6 Å². The molecule has 0 radical (unpaired) electrons. The van der Waals surface area contributed by atoms with Crippen LogP contribution >= 0.6 is 0 Å². The molecule has 0 aliphatic heterocycles. The number of aryl methyl sites for hydroxylation is 1. The van der Waals surface area contributed by atoms with E-state index in [-0.39, 0.29) is 5.91 Å². The standard InChI is InChI=1S/C31H30N4O/c1-4-22(2)34-21-26(28-12-8-9-13-30(28)34)20-32-33-31(36)25-15-17-27(18-16-25)35-23(3)14-19-29(35)24-10-6-5-7-11-24/h5-22H,4H2,1-3H3,(H,33,36)/b32-20+/t22-/m1/s1. The third kappa shape index (κ3) is 4.48. The predicted octanol–water partition coefficient (Wildman–Crippen LogP) is 7.14. The summed E-state index contributed by atoms with van der Waals surface area (Å²) in [5.41, 5.74) is 9.80. The SMILES string of the molecule is CC[C@@H](C)n1cc(/C=N/NC(=O)c2ccc(-n3c(C)ccc3-c3ccccc3)cc2)c2ccccc21. The van der Waals surface area contributed by atoms with E-state index in [1.165, 1.54) is 5.52 Å². The molecule has 36 heavy (non-hydrogen) atoms. The Balaban J connectivity index is 1.33. The highest BCUT2D eigenvalue weighted by Gasteiger charge is 2.12. The number of rotatable bonds is 7. The lowest BCUT2D eigenvalue weighted by Crippen LogP contribution is -2.17. The lowest BCUT2D eigenvalue weighted by molar-refractivity contribution is 0.0955. The summed E-state index contributed by atoms with van der Waals surface area (Å²) in [5.74, 6) is -0.240. The van der Waals surface area contributed by atoms with Gasteiger partial charge in [-0.3, -0.25) is 4.79 Å². The maximum Gasteiger partial charge on any atom is 0.271 e. The van der Waals surface area contributed by atoms with Crippen LogP contribution in [0.1, 0.15) is 47.9 Å². The van der Waals surface area contributed by atoms with Crippen molar-refractivity contribution in [3.8, 4) is 16.9 Å². The van der Waals surface area contributed by atoms with Gasteiger partial charge in [0.25, 0.3) is 5.91 Å². The van der Waals surface area contributed by atoms with E-state index in [1.807, 2.05) is 54.6 Å². The fourth-order valence-corrected chi connectivity index (χ4v) is 4.60. The van der Waals surface area contributed by atoms with Crippen molar-refractivity contribution in [1.29, 1.82) is 0 Å². The van der Waals surface area contributed by atoms with Crippen LogP contribution in [0.15, 0.2) is 102 Å². The van der Waals surface area contributed by atoms with Crippen molar-refractivity contribution in [2.24, 2.45) is 5.10 Å². The number of hydrazone groups is 1. The van der Waals surface area contributed by atoms with Crippen molar-refractivity contribution in [3.05, 3.63) is 114 Å². The van der Waals surface area contributed by atoms with Crippen LogP contribution in [0.5, 0.6) is 0 Å². The van der Waals surface area contributed by atoms with Crippen LogP contribution < -0.4 is 5.43 Å². The Bertz CT molecular complexity index is 1520. The highest BCUT2D eigenvalue weighted by Crippen LogP contribution is 2.27. The number of aromatic nitrogens is 2. The second-order valence-electron chi connectivity index (χ2n) is 9.07. The zero-order valence-electron chi connectivity index (χ0n) is 20.8. The van der Waals surface area contributed by atoms with Crippen LogP contribution in [-0.4, -0.2) is 21.3 Å². The van der Waals surface area contributed by atoms with Gasteiger partial charge in [0.2, 0.25) is 0 Å². The Labute approximate surface area is 211 Å². The summed E-state index contributed by atoms with van der Waals surface area (Å²) >= 11 is 0. The van der Waals surface area contributed by atoms with Crippen molar-refractivity contribution in [1.82, 2.24) is 14.6 Å². The Morgan fingerprint density at radius 3 is 2.42 bits per heavy atom. The molecule has 0 saturated heterocycles. The highest BCUT2D eigenvalue weighted by atomic mass is 16.2. The average Bonchev–Trinajstić information content (AvgIpc) is 3.49. The largest absolute Gasteiger partial charge is 0.344 e. The minimum Gasteiger partial charge on any atom is -0.344 e. The van der Waals surface area contributed by atoms with Gasteiger partial charge in [-0.1, -0.05) is 55.5 Å². The van der Waals surface area contributed by atoms with E-state index in [1.54, 1.807) is 6.21 Å². The molecule has 2 aromatic heterocycles. The van der Waals surface area contributed by atoms with Crippen LogP contribution in [0.2, 0.25) is 0 Å². The van der Waals surface area contributed by atoms with Gasteiger partial charge >= 0.3 is 0 Å². The summed E-state index contributed by atoms with van der Waals surface area (Å²) in [5, 5.41) is 5.39. The molecule has 180 valence electrons. The first-order valence-electron chi connectivity index (χ1n) is 12.3. The Morgan fingerprint density at radius 1 is 0.944 bits per heavy atom. The van der Waals surface area contributed by atoms with Crippen LogP contribution in [-0.2, 0) is 0 Å². The smallest absolute Gasteiger partial charge is 0.271 e. The second kappa shape index (κ2) is 10.1. The van der Waals surface area contributed by atoms with Crippen LogP contribution in [0.3, 0.4) is 0 Å². The minimum absolute atomic E-state index is 0.240. The molecule has 5 aromatic rings. The number of para-hydroxylation sites is 1. The first kappa shape index (κ1) is 23.4. The molecule has 0 fully saturated rings. The molecule has 0 aliphatic rings. The van der Waals surface area contributed by atoms with Crippen LogP contribution in [0, 0.1) is 6.92 Å². The fraction of sp³-hybridized carbons (Fsp3) is 0.161. The molecule has 0 bridgehead atoms. The molecule has 5 heteroatoms. The lowest BCUT2D eigenvalue weighted by atomic mass is 10.1. The summed E-state index contributed by atoms with van der Waals surface area (Å²) in [7, 11) is 0. The van der Waals surface area contributed by atoms with E-state index in [0.717, 1.165) is 40.0 Å². The molecular weight excluding hydrogens is 444 g/mol. The molecule has 1 N–H and O–H groups in total. The van der Waals surface area contributed by atoms with E-state index < -0.39 is 0 Å². The summed E-state index contributed by atoms with van der Waals surface area (Å²) in [6.07, 6.45) is 4.87. The van der Waals surface area contributed by atoms with E-state index in [2.05, 4.69) is 83.0 Å². The third-order valence-corrected chi connectivity index (χ3v) is 6.74. The minimum atomic E-state index is -0.240. The van der Waals surface area contributed by atoms with Crippen molar-refractivity contribution < 1.29 is 4.79 Å². The van der Waals surface area contributed by atoms with Gasteiger partial charge in [-0.15, -0.1) is 0 Å². The molecule has 5 rings (SSSR count). The predicted molar refractivity (Wildman–Crippen MR) is 148 cm³/mol. The topological polar surface area (TPSA) is 51.3 Å². The van der Waals surface area contributed by atoms with Gasteiger partial charge in [0, 0.05) is 45.6 Å². The Morgan fingerprint density at radius 2 is 1.67 bits per heavy atom. The fourth-order valence-electron chi connectivity index (χ4n) is 4.60. The molecule has 5 nitrogen and oxygen atoms in total. The van der Waals surface area contributed by atoms with Crippen LogP contribution in [0.25, 0.3) is 27.8 Å². The number of hydrogen-bond acceptors (Lipinski definition) is 2. The number of carbonyl (C=O) groups excluding carboxylic acids is 1. The molecule has 0 unspecified atom stereocenters. The van der Waals surface area contributed by atoms with Gasteiger partial charge in [0.05, 0.1) is 11.9 Å². The molecule has 0 spiro atoms. The second-order valence-corrected chi connectivity index (χ2v) is 9.07. The van der Waals surface area contributed by atoms with Gasteiger partial charge < -0.3 is 9.13 Å². The zero-order chi connectivity index (χ0) is 25.1. The molecule has 3 aromatic carbocycles. The maximum atomic E-state index is 12.8. The Kier molecular flexibility index (Phi) is 6.54. The van der Waals surface area contributed by atoms with Crippen molar-refractivity contribution in [2.75, 3.05) is 0 Å². The molecule has 2 heterocycles. The Hall–Kier alpha value is -4.38. The molecular formula is C31H30N4O. The third-order valence-electron chi connectivity index (χ3n) is 6.74. The molecule has 0 aliphatic carbocycles. The summed E-state index contributed by atoms with van der Waals surface area (Å²) in [4.78, 5) is 12.8. The first-order valence-corrected chi connectivity index (χ1v) is 12.3. The number of benzene rings is 3. The van der Waals surface area contributed by atoms with E-state index in [9.17, 15) is 4.79 Å². The average molecular weight is 475 g/mol. The zero-order valence-corrected chi connectivity index (χ0v) is 20.8. The summed E-state index contributed by atoms with van der Waals surface area (Å²) in [6, 6.07) is 30.8. The van der Waals surface area contributed by atoms with Gasteiger partial charge in [0.1, 0.15) is 0 Å². The number of carbonyl (C=O) groups is 1. The van der Waals surface area contributed by atoms with E-state index in [4.69, 9.17) is 0 Å². The monoisotopic (exact) mass is 474 g/mol. The number of fused-ring (bicyclic) bond motifs is 1. The molecule has 0 saturated carbocycles. The first-order chi connectivity index (χ1) is 17.6. The van der Waals surface area contributed by atoms with Gasteiger partial charge in [0.15, 0.2) is 0 Å². The molecule has 1 atom stereocenters. The number of hydrogen-bond donors (Lipinski definition) is 1. The number of amides is 1.